The van der Waals surface area contributed by atoms with E-state index in [0.717, 1.165) is 31.8 Å². The summed E-state index contributed by atoms with van der Waals surface area (Å²) in [6.07, 6.45) is 10.1. The van der Waals surface area contributed by atoms with E-state index in [0.29, 0.717) is 6.04 Å². The summed E-state index contributed by atoms with van der Waals surface area (Å²) in [5.74, 6) is 0.958. The van der Waals surface area contributed by atoms with Gasteiger partial charge in [-0.3, -0.25) is 5.10 Å². The van der Waals surface area contributed by atoms with E-state index in [1.807, 2.05) is 12.5 Å². The summed E-state index contributed by atoms with van der Waals surface area (Å²) < 4.78 is 2.30. The van der Waals surface area contributed by atoms with Gasteiger partial charge in [-0.25, -0.2) is 9.97 Å². The predicted molar refractivity (Wildman–Crippen MR) is 66.9 cm³/mol. The van der Waals surface area contributed by atoms with Gasteiger partial charge in [-0.1, -0.05) is 0 Å². The van der Waals surface area contributed by atoms with Crippen LogP contribution in [0.2, 0.25) is 0 Å². The number of hydrogen-bond acceptors (Lipinski definition) is 4. The summed E-state index contributed by atoms with van der Waals surface area (Å²) >= 11 is 0. The third-order valence-electron chi connectivity index (χ3n) is 3.22. The minimum absolute atomic E-state index is 0.707. The number of imidazole rings is 1. The van der Waals surface area contributed by atoms with Crippen LogP contribution < -0.4 is 5.32 Å². The number of nitrogens with zero attached hydrogens (tertiary/aromatic N) is 4. The largest absolute Gasteiger partial charge is 0.330 e. The number of rotatable bonds is 7. The van der Waals surface area contributed by atoms with E-state index in [1.165, 1.54) is 18.5 Å². The molecule has 0 bridgehead atoms. The molecule has 0 amide bonds. The molecule has 2 aromatic heterocycles. The van der Waals surface area contributed by atoms with Crippen LogP contribution in [0.3, 0.4) is 0 Å². The number of nitrogens with one attached hydrogen (secondary N) is 2. The van der Waals surface area contributed by atoms with Gasteiger partial charge in [0.2, 0.25) is 0 Å². The first-order valence-electron chi connectivity index (χ1n) is 6.49. The van der Waals surface area contributed by atoms with E-state index in [4.69, 9.17) is 0 Å². The Balaban J connectivity index is 1.38. The van der Waals surface area contributed by atoms with Crippen LogP contribution >= 0.6 is 0 Å². The highest BCUT2D eigenvalue weighted by atomic mass is 15.2. The zero-order valence-corrected chi connectivity index (χ0v) is 10.3. The van der Waals surface area contributed by atoms with Crippen molar-refractivity contribution < 1.29 is 0 Å². The number of aryl methyl sites for hydroxylation is 1. The molecule has 6 nitrogen and oxygen atoms in total. The molecular formula is C12H18N6. The highest BCUT2D eigenvalue weighted by Gasteiger charge is 2.24. The van der Waals surface area contributed by atoms with E-state index >= 15 is 0 Å². The lowest BCUT2D eigenvalue weighted by Gasteiger charge is -2.07. The van der Waals surface area contributed by atoms with Crippen molar-refractivity contribution in [1.29, 1.82) is 0 Å². The second-order valence-corrected chi connectivity index (χ2v) is 4.74. The van der Waals surface area contributed by atoms with Crippen molar-refractivity contribution in [3.8, 4) is 0 Å². The fourth-order valence-corrected chi connectivity index (χ4v) is 2.10. The van der Waals surface area contributed by atoms with E-state index < -0.39 is 0 Å². The van der Waals surface area contributed by atoms with Crippen LogP contribution in [0.25, 0.3) is 0 Å². The van der Waals surface area contributed by atoms with Crippen LogP contribution in [0.15, 0.2) is 18.9 Å². The van der Waals surface area contributed by atoms with Gasteiger partial charge in [-0.05, 0) is 25.8 Å². The lowest BCUT2D eigenvalue weighted by atomic mass is 10.3. The summed E-state index contributed by atoms with van der Waals surface area (Å²) in [4.78, 5) is 8.32. The lowest BCUT2D eigenvalue weighted by Crippen LogP contribution is -2.17. The monoisotopic (exact) mass is 246 g/mol. The van der Waals surface area contributed by atoms with Crippen molar-refractivity contribution in [3.05, 3.63) is 30.4 Å². The summed E-state index contributed by atoms with van der Waals surface area (Å²) in [6.45, 7) is 1.88. The van der Waals surface area contributed by atoms with Gasteiger partial charge in [0.25, 0.3) is 0 Å². The van der Waals surface area contributed by atoms with Crippen molar-refractivity contribution in [1.82, 2.24) is 30.0 Å². The van der Waals surface area contributed by atoms with Gasteiger partial charge in [0.05, 0.1) is 12.0 Å². The van der Waals surface area contributed by atoms with Crippen molar-refractivity contribution in [2.45, 2.75) is 38.3 Å². The van der Waals surface area contributed by atoms with Gasteiger partial charge in [0.15, 0.2) is 0 Å². The standard InChI is InChI=1S/C12H18N6/c1(2-12-15-8-16-17-12)5-13-6-11-7-14-9-18(11)10-3-4-10/h7-10,13H,1-6H2,(H,15,16,17). The molecule has 2 heterocycles. The maximum absolute atomic E-state index is 4.22. The Hall–Kier alpha value is -1.69. The van der Waals surface area contributed by atoms with Crippen molar-refractivity contribution in [2.75, 3.05) is 6.54 Å². The van der Waals surface area contributed by atoms with Crippen LogP contribution in [0.4, 0.5) is 0 Å². The quantitative estimate of drug-likeness (QED) is 0.717. The SMILES string of the molecule is c1n[nH]c(CCCNCc2cncn2C2CC2)n1. The van der Waals surface area contributed by atoms with Crippen LogP contribution in [0.5, 0.6) is 0 Å². The van der Waals surface area contributed by atoms with Crippen LogP contribution in [-0.4, -0.2) is 31.3 Å². The molecule has 3 rings (SSSR count). The van der Waals surface area contributed by atoms with E-state index in [2.05, 4.69) is 30.0 Å². The Kier molecular flexibility index (Phi) is 3.36. The first kappa shape index (κ1) is 11.4. The van der Waals surface area contributed by atoms with Crippen molar-refractivity contribution >= 4 is 0 Å². The number of hydrogen-bond donors (Lipinski definition) is 2. The highest BCUT2D eigenvalue weighted by Crippen LogP contribution is 2.35. The maximum Gasteiger partial charge on any atom is 0.137 e. The average Bonchev–Trinajstić information content (AvgIpc) is 2.92. The van der Waals surface area contributed by atoms with Crippen LogP contribution in [-0.2, 0) is 13.0 Å². The first-order chi connectivity index (χ1) is 8.93. The molecule has 1 fully saturated rings. The molecule has 18 heavy (non-hydrogen) atoms. The Labute approximate surface area is 106 Å². The average molecular weight is 246 g/mol. The minimum Gasteiger partial charge on any atom is -0.330 e. The highest BCUT2D eigenvalue weighted by molar-refractivity contribution is 5.03. The second kappa shape index (κ2) is 5.30. The number of aromatic amines is 1. The summed E-state index contributed by atoms with van der Waals surface area (Å²) in [7, 11) is 0. The zero-order valence-electron chi connectivity index (χ0n) is 10.3. The van der Waals surface area contributed by atoms with Crippen molar-refractivity contribution in [2.24, 2.45) is 0 Å². The van der Waals surface area contributed by atoms with Crippen LogP contribution in [0, 0.1) is 0 Å². The molecule has 0 spiro atoms. The Morgan fingerprint density at radius 1 is 1.44 bits per heavy atom. The molecule has 1 saturated carbocycles. The van der Waals surface area contributed by atoms with E-state index in [1.54, 1.807) is 6.33 Å². The zero-order chi connectivity index (χ0) is 12.2. The molecular weight excluding hydrogens is 228 g/mol. The molecule has 2 N–H and O–H groups in total. The molecule has 6 heteroatoms. The fraction of sp³-hybridized carbons (Fsp3) is 0.583. The molecule has 0 atom stereocenters. The molecule has 0 aliphatic heterocycles. The molecule has 0 unspecified atom stereocenters. The first-order valence-corrected chi connectivity index (χ1v) is 6.49. The third kappa shape index (κ3) is 2.76. The molecule has 2 aromatic rings. The molecule has 0 radical (unpaired) electrons. The predicted octanol–water partition coefficient (Wildman–Crippen LogP) is 1.06. The van der Waals surface area contributed by atoms with Gasteiger partial charge < -0.3 is 9.88 Å². The van der Waals surface area contributed by atoms with Crippen LogP contribution in [0.1, 0.15) is 36.8 Å². The molecule has 0 aromatic carbocycles. The molecule has 96 valence electrons. The topological polar surface area (TPSA) is 71.4 Å². The van der Waals surface area contributed by atoms with Gasteiger partial charge in [0, 0.05) is 25.2 Å². The van der Waals surface area contributed by atoms with Crippen molar-refractivity contribution in [3.63, 3.8) is 0 Å². The second-order valence-electron chi connectivity index (χ2n) is 4.74. The number of aromatic nitrogens is 5. The summed E-state index contributed by atoms with van der Waals surface area (Å²) in [5.41, 5.74) is 1.29. The lowest BCUT2D eigenvalue weighted by molar-refractivity contribution is 0.599. The Morgan fingerprint density at radius 3 is 3.17 bits per heavy atom. The van der Waals surface area contributed by atoms with E-state index in [-0.39, 0.29) is 0 Å². The summed E-state index contributed by atoms with van der Waals surface area (Å²) in [6, 6.07) is 0.707. The minimum atomic E-state index is 0.707. The molecule has 1 aliphatic carbocycles. The molecule has 0 saturated heterocycles. The van der Waals surface area contributed by atoms with Gasteiger partial charge in [-0.15, -0.1) is 0 Å². The van der Waals surface area contributed by atoms with Gasteiger partial charge in [0.1, 0.15) is 12.2 Å². The normalized spacial score (nSPS) is 15.1. The Morgan fingerprint density at radius 2 is 2.39 bits per heavy atom. The van der Waals surface area contributed by atoms with E-state index in [9.17, 15) is 0 Å². The Bertz CT molecular complexity index is 470. The fourth-order valence-electron chi connectivity index (χ4n) is 2.10. The maximum atomic E-state index is 4.22. The third-order valence-corrected chi connectivity index (χ3v) is 3.22. The molecule has 1 aliphatic rings. The number of H-pyrrole nitrogens is 1. The van der Waals surface area contributed by atoms with Gasteiger partial charge >= 0.3 is 0 Å². The smallest absolute Gasteiger partial charge is 0.137 e. The van der Waals surface area contributed by atoms with Gasteiger partial charge in [-0.2, -0.15) is 5.10 Å². The summed E-state index contributed by atoms with van der Waals surface area (Å²) in [5, 5.41) is 10.2.